The number of allylic oxidation sites excluding steroid dienone is 2. The molecule has 0 N–H and O–H groups in total. The maximum atomic E-state index is 13.0. The van der Waals surface area contributed by atoms with Gasteiger partial charge in [0.25, 0.3) is 5.69 Å². The Labute approximate surface area is 169 Å². The van der Waals surface area contributed by atoms with Crippen molar-refractivity contribution >= 4 is 28.9 Å². The first-order valence-electron chi connectivity index (χ1n) is 10.5. The van der Waals surface area contributed by atoms with E-state index in [9.17, 15) is 19.7 Å². The fraction of sp³-hybridized carbons (Fsp3) is 0.545. The highest BCUT2D eigenvalue weighted by Gasteiger charge is 2.59. The lowest BCUT2D eigenvalue weighted by Crippen LogP contribution is -2.34. The topological polar surface area (TPSA) is 83.8 Å². The molecule has 5 rings (SSSR count). The number of anilines is 2. The average Bonchev–Trinajstić information content (AvgIpc) is 3.41. The van der Waals surface area contributed by atoms with Crippen LogP contribution in [0.4, 0.5) is 17.1 Å². The number of benzene rings is 1. The molecule has 1 aromatic carbocycles. The van der Waals surface area contributed by atoms with Gasteiger partial charge in [0, 0.05) is 19.2 Å². The molecule has 152 valence electrons. The van der Waals surface area contributed by atoms with E-state index in [0.717, 1.165) is 32.1 Å². The summed E-state index contributed by atoms with van der Waals surface area (Å²) in [6.45, 7) is 0. The number of fused-ring (bicyclic) bond motifs is 5. The number of hydrogen-bond donors (Lipinski definition) is 0. The Bertz CT molecular complexity index is 891. The molecule has 2 saturated carbocycles. The smallest absolute Gasteiger partial charge is 0.294 e. The molecule has 1 aliphatic heterocycles. The van der Waals surface area contributed by atoms with Gasteiger partial charge in [0.2, 0.25) is 11.8 Å². The number of hydrogen-bond acceptors (Lipinski definition) is 5. The highest BCUT2D eigenvalue weighted by atomic mass is 16.6. The standard InChI is InChI=1S/C22H25N3O4/c1-23(15-5-3-2-4-6-15)17-10-9-16(12-18(17)25(28)29)24-21(26)19-13-7-8-14(11-13)20(19)22(24)27/h7-10,12-15,19-20H,2-6,11H2,1H3/t13-,14-,19-,20-/m0/s1. The van der Waals surface area contributed by atoms with Crippen molar-refractivity contribution in [2.75, 3.05) is 16.8 Å². The summed E-state index contributed by atoms with van der Waals surface area (Å²) in [6, 6.07) is 5.07. The summed E-state index contributed by atoms with van der Waals surface area (Å²) in [7, 11) is 1.90. The van der Waals surface area contributed by atoms with Gasteiger partial charge >= 0.3 is 0 Å². The average molecular weight is 395 g/mol. The third kappa shape index (κ3) is 2.70. The number of carbonyl (C=O) groups is 2. The van der Waals surface area contributed by atoms with Crippen LogP contribution in [-0.2, 0) is 9.59 Å². The Kier molecular flexibility index (Phi) is 4.22. The molecule has 0 spiro atoms. The van der Waals surface area contributed by atoms with E-state index >= 15 is 0 Å². The minimum atomic E-state index is -0.407. The number of rotatable bonds is 4. The maximum Gasteiger partial charge on any atom is 0.294 e. The van der Waals surface area contributed by atoms with Gasteiger partial charge in [-0.3, -0.25) is 19.7 Å². The van der Waals surface area contributed by atoms with Gasteiger partial charge in [-0.15, -0.1) is 0 Å². The third-order valence-electron chi connectivity index (χ3n) is 7.39. The van der Waals surface area contributed by atoms with Crippen LogP contribution in [0.1, 0.15) is 38.5 Å². The van der Waals surface area contributed by atoms with Gasteiger partial charge < -0.3 is 4.90 Å². The number of nitro groups is 1. The number of imide groups is 1. The van der Waals surface area contributed by atoms with Gasteiger partial charge in [-0.1, -0.05) is 31.4 Å². The van der Waals surface area contributed by atoms with Crippen molar-refractivity contribution in [1.29, 1.82) is 0 Å². The van der Waals surface area contributed by atoms with Crippen LogP contribution in [0.5, 0.6) is 0 Å². The molecular weight excluding hydrogens is 370 g/mol. The number of nitrogens with zero attached hydrogens (tertiary/aromatic N) is 3. The summed E-state index contributed by atoms with van der Waals surface area (Å²) in [4.78, 5) is 40.7. The van der Waals surface area contributed by atoms with Crippen molar-refractivity contribution in [3.63, 3.8) is 0 Å². The molecule has 0 aromatic heterocycles. The number of amides is 2. The summed E-state index contributed by atoms with van der Waals surface area (Å²) < 4.78 is 0. The molecule has 3 aliphatic carbocycles. The van der Waals surface area contributed by atoms with Crippen LogP contribution in [0.15, 0.2) is 30.4 Å². The quantitative estimate of drug-likeness (QED) is 0.336. The molecule has 4 aliphatic rings. The van der Waals surface area contributed by atoms with Gasteiger partial charge in [-0.2, -0.15) is 0 Å². The first-order chi connectivity index (χ1) is 14.0. The van der Waals surface area contributed by atoms with Crippen LogP contribution < -0.4 is 9.80 Å². The largest absolute Gasteiger partial charge is 0.366 e. The molecule has 1 heterocycles. The Balaban J connectivity index is 1.47. The van der Waals surface area contributed by atoms with Gasteiger partial charge in [0.15, 0.2) is 0 Å². The van der Waals surface area contributed by atoms with Crippen molar-refractivity contribution in [2.45, 2.75) is 44.6 Å². The Morgan fingerprint density at radius 1 is 1.03 bits per heavy atom. The molecule has 3 fully saturated rings. The van der Waals surface area contributed by atoms with E-state index in [1.165, 1.54) is 17.4 Å². The van der Waals surface area contributed by atoms with Crippen LogP contribution in [-0.4, -0.2) is 29.8 Å². The first kappa shape index (κ1) is 18.3. The van der Waals surface area contributed by atoms with Crippen molar-refractivity contribution in [2.24, 2.45) is 23.7 Å². The van der Waals surface area contributed by atoms with Crippen LogP contribution in [0.25, 0.3) is 0 Å². The second-order valence-corrected chi connectivity index (χ2v) is 8.84. The summed E-state index contributed by atoms with van der Waals surface area (Å²) in [5, 5.41) is 11.8. The minimum absolute atomic E-state index is 0.0469. The molecule has 7 heteroatoms. The summed E-state index contributed by atoms with van der Waals surface area (Å²) >= 11 is 0. The van der Waals surface area contributed by atoms with Crippen LogP contribution >= 0.6 is 0 Å². The maximum absolute atomic E-state index is 13.0. The molecule has 1 saturated heterocycles. The summed E-state index contributed by atoms with van der Waals surface area (Å²) in [6.07, 6.45) is 10.5. The van der Waals surface area contributed by atoms with Crippen molar-refractivity contribution in [3.8, 4) is 0 Å². The molecular formula is C22H25N3O4. The van der Waals surface area contributed by atoms with E-state index in [4.69, 9.17) is 0 Å². The van der Waals surface area contributed by atoms with E-state index in [2.05, 4.69) is 0 Å². The van der Waals surface area contributed by atoms with E-state index in [1.54, 1.807) is 12.1 Å². The third-order valence-corrected chi connectivity index (χ3v) is 7.39. The summed E-state index contributed by atoms with van der Waals surface area (Å²) in [5.74, 6) is -0.780. The lowest BCUT2D eigenvalue weighted by Gasteiger charge is -2.32. The van der Waals surface area contributed by atoms with Gasteiger partial charge in [-0.05, 0) is 43.2 Å². The monoisotopic (exact) mass is 395 g/mol. The SMILES string of the molecule is CN(c1ccc(N2C(=O)[C@@H]3[C@@H](C2=O)[C@H]2C=C[C@H]3C2)cc1[N+](=O)[O-])C1CCCCC1. The van der Waals surface area contributed by atoms with Crippen molar-refractivity contribution < 1.29 is 14.5 Å². The minimum Gasteiger partial charge on any atom is -0.366 e. The molecule has 0 unspecified atom stereocenters. The Morgan fingerprint density at radius 3 is 2.24 bits per heavy atom. The lowest BCUT2D eigenvalue weighted by atomic mass is 9.85. The van der Waals surface area contributed by atoms with Crippen LogP contribution in [0, 0.1) is 33.8 Å². The number of nitro benzene ring substituents is 1. The van der Waals surface area contributed by atoms with E-state index in [0.29, 0.717) is 11.4 Å². The molecule has 0 radical (unpaired) electrons. The highest BCUT2D eigenvalue weighted by molar-refractivity contribution is 6.23. The molecule has 4 atom stereocenters. The van der Waals surface area contributed by atoms with Crippen LogP contribution in [0.3, 0.4) is 0 Å². The normalized spacial score (nSPS) is 30.9. The lowest BCUT2D eigenvalue weighted by molar-refractivity contribution is -0.384. The number of carbonyl (C=O) groups excluding carboxylic acids is 2. The molecule has 7 nitrogen and oxygen atoms in total. The first-order valence-corrected chi connectivity index (χ1v) is 10.5. The molecule has 2 amide bonds. The zero-order valence-corrected chi connectivity index (χ0v) is 16.5. The molecule has 29 heavy (non-hydrogen) atoms. The van der Waals surface area contributed by atoms with Crippen molar-refractivity contribution in [1.82, 2.24) is 0 Å². The predicted molar refractivity (Wildman–Crippen MR) is 109 cm³/mol. The van der Waals surface area contributed by atoms with E-state index in [-0.39, 0.29) is 47.2 Å². The van der Waals surface area contributed by atoms with Crippen molar-refractivity contribution in [3.05, 3.63) is 40.5 Å². The zero-order valence-electron chi connectivity index (χ0n) is 16.5. The Morgan fingerprint density at radius 2 is 1.66 bits per heavy atom. The fourth-order valence-corrected chi connectivity index (χ4v) is 5.92. The van der Waals surface area contributed by atoms with Gasteiger partial charge in [0.05, 0.1) is 22.4 Å². The molecule has 2 bridgehead atoms. The fourth-order valence-electron chi connectivity index (χ4n) is 5.92. The highest BCUT2D eigenvalue weighted by Crippen LogP contribution is 2.53. The van der Waals surface area contributed by atoms with Gasteiger partial charge in [-0.25, -0.2) is 4.90 Å². The second-order valence-electron chi connectivity index (χ2n) is 8.84. The Hall–Kier alpha value is -2.70. The second kappa shape index (κ2) is 6.68. The van der Waals surface area contributed by atoms with E-state index < -0.39 is 4.92 Å². The van der Waals surface area contributed by atoms with Gasteiger partial charge in [0.1, 0.15) is 5.69 Å². The van der Waals surface area contributed by atoms with E-state index in [1.807, 2.05) is 24.1 Å². The summed E-state index contributed by atoms with van der Waals surface area (Å²) in [5.41, 5.74) is 0.822. The van der Waals surface area contributed by atoms with Crippen LogP contribution in [0.2, 0.25) is 0 Å². The predicted octanol–water partition coefficient (Wildman–Crippen LogP) is 3.68. The zero-order chi connectivity index (χ0) is 20.3. The molecule has 1 aromatic rings.